The highest BCUT2D eigenvalue weighted by Gasteiger charge is 2.12. The Bertz CT molecular complexity index is 1020. The van der Waals surface area contributed by atoms with Gasteiger partial charge in [0.05, 0.1) is 16.0 Å². The first-order valence-electron chi connectivity index (χ1n) is 8.88. The number of benzene rings is 2. The fourth-order valence-corrected chi connectivity index (χ4v) is 3.77. The lowest BCUT2D eigenvalue weighted by Crippen LogP contribution is -2.21. The van der Waals surface area contributed by atoms with Gasteiger partial charge < -0.3 is 4.90 Å². The van der Waals surface area contributed by atoms with Crippen molar-refractivity contribution in [3.05, 3.63) is 69.1 Å². The largest absolute Gasteiger partial charge is 0.372 e. The highest BCUT2D eigenvalue weighted by molar-refractivity contribution is 7.20. The Kier molecular flexibility index (Phi) is 6.00. The van der Waals surface area contributed by atoms with Gasteiger partial charge in [-0.15, -0.1) is 11.3 Å². The minimum Gasteiger partial charge on any atom is -0.372 e. The number of hydrazone groups is 1. The predicted molar refractivity (Wildman–Crippen MR) is 114 cm³/mol. The first-order valence-corrected chi connectivity index (χ1v) is 9.70. The normalized spacial score (nSPS) is 11.1. The number of nitro benzene ring substituents is 1. The number of carbonyl (C=O) groups is 1. The number of anilines is 1. The molecule has 28 heavy (non-hydrogen) atoms. The fourth-order valence-electron chi connectivity index (χ4n) is 2.84. The molecule has 0 atom stereocenters. The molecule has 0 saturated carbocycles. The number of carbonyl (C=O) groups excluding carboxylic acids is 1. The van der Waals surface area contributed by atoms with E-state index in [0.29, 0.717) is 10.3 Å². The molecule has 144 valence electrons. The van der Waals surface area contributed by atoms with E-state index < -0.39 is 4.92 Å². The van der Waals surface area contributed by atoms with Crippen LogP contribution in [-0.2, 0) is 0 Å². The third-order valence-corrected chi connectivity index (χ3v) is 5.45. The third kappa shape index (κ3) is 4.34. The van der Waals surface area contributed by atoms with Crippen molar-refractivity contribution in [1.82, 2.24) is 5.43 Å². The first kappa shape index (κ1) is 19.5. The van der Waals surface area contributed by atoms with Gasteiger partial charge in [0.25, 0.3) is 11.6 Å². The van der Waals surface area contributed by atoms with Crippen molar-refractivity contribution in [1.29, 1.82) is 0 Å². The second-order valence-electron chi connectivity index (χ2n) is 6.05. The van der Waals surface area contributed by atoms with Crippen molar-refractivity contribution in [2.24, 2.45) is 5.10 Å². The molecule has 8 heteroatoms. The Morgan fingerprint density at radius 3 is 2.54 bits per heavy atom. The molecule has 1 heterocycles. The zero-order chi connectivity index (χ0) is 20.1. The van der Waals surface area contributed by atoms with Crippen molar-refractivity contribution in [3.63, 3.8) is 0 Å². The van der Waals surface area contributed by atoms with E-state index in [4.69, 9.17) is 0 Å². The molecule has 0 bridgehead atoms. The molecule has 7 nitrogen and oxygen atoms in total. The van der Waals surface area contributed by atoms with E-state index in [0.717, 1.165) is 29.0 Å². The third-order valence-electron chi connectivity index (χ3n) is 4.34. The monoisotopic (exact) mass is 396 g/mol. The number of hydrogen-bond donors (Lipinski definition) is 1. The molecule has 1 aromatic heterocycles. The maximum atomic E-state index is 12.3. The van der Waals surface area contributed by atoms with Crippen LogP contribution >= 0.6 is 11.3 Å². The topological polar surface area (TPSA) is 87.8 Å². The number of hydrogen-bond acceptors (Lipinski definition) is 6. The van der Waals surface area contributed by atoms with Crippen LogP contribution in [0.25, 0.3) is 10.1 Å². The number of non-ortho nitro benzene ring substituents is 1. The average Bonchev–Trinajstić information content (AvgIpc) is 3.13. The van der Waals surface area contributed by atoms with Crippen molar-refractivity contribution in [2.75, 3.05) is 18.0 Å². The number of rotatable bonds is 7. The van der Waals surface area contributed by atoms with E-state index in [2.05, 4.69) is 29.3 Å². The molecule has 0 aliphatic rings. The Labute approximate surface area is 166 Å². The molecule has 0 radical (unpaired) electrons. The first-order chi connectivity index (χ1) is 13.5. The standard InChI is InChI=1S/C20H20N4O3S/c1-3-23(4-2)16-7-5-14(6-8-16)13-21-22-20(25)19-12-15-11-17(24(26)27)9-10-18(15)28-19/h5-13H,3-4H2,1-2H3,(H,22,25). The predicted octanol–water partition coefficient (Wildman–Crippen LogP) is 4.42. The van der Waals surface area contributed by atoms with Crippen LogP contribution in [0, 0.1) is 10.1 Å². The van der Waals surface area contributed by atoms with Gasteiger partial charge in [-0.25, -0.2) is 5.43 Å². The number of amides is 1. The summed E-state index contributed by atoms with van der Waals surface area (Å²) < 4.78 is 0.812. The van der Waals surface area contributed by atoms with Gasteiger partial charge in [-0.3, -0.25) is 14.9 Å². The van der Waals surface area contributed by atoms with Gasteiger partial charge in [-0.1, -0.05) is 12.1 Å². The van der Waals surface area contributed by atoms with Crippen LogP contribution in [0.2, 0.25) is 0 Å². The zero-order valence-corrected chi connectivity index (χ0v) is 16.4. The van der Waals surface area contributed by atoms with Crippen LogP contribution in [0.1, 0.15) is 29.1 Å². The highest BCUT2D eigenvalue weighted by Crippen LogP contribution is 2.28. The zero-order valence-electron chi connectivity index (χ0n) is 15.6. The van der Waals surface area contributed by atoms with Crippen molar-refractivity contribution >= 4 is 44.9 Å². The quantitative estimate of drug-likeness (QED) is 0.364. The van der Waals surface area contributed by atoms with Crippen molar-refractivity contribution in [2.45, 2.75) is 13.8 Å². The summed E-state index contributed by atoms with van der Waals surface area (Å²) in [6, 6.07) is 14.1. The smallest absolute Gasteiger partial charge is 0.281 e. The Hall–Kier alpha value is -3.26. The molecular formula is C20H20N4O3S. The maximum absolute atomic E-state index is 12.3. The molecule has 0 fully saturated rings. The summed E-state index contributed by atoms with van der Waals surface area (Å²) in [5.41, 5.74) is 4.53. The van der Waals surface area contributed by atoms with Gasteiger partial charge in [0.1, 0.15) is 0 Å². The lowest BCUT2D eigenvalue weighted by molar-refractivity contribution is -0.384. The van der Waals surface area contributed by atoms with Crippen molar-refractivity contribution in [3.8, 4) is 0 Å². The van der Waals surface area contributed by atoms with Gasteiger partial charge in [-0.05, 0) is 43.7 Å². The number of nitrogens with zero attached hydrogens (tertiary/aromatic N) is 3. The lowest BCUT2D eigenvalue weighted by atomic mass is 10.2. The van der Waals surface area contributed by atoms with Crippen LogP contribution in [0.4, 0.5) is 11.4 Å². The SMILES string of the molecule is CCN(CC)c1ccc(C=NNC(=O)c2cc3cc([N+](=O)[O-])ccc3s2)cc1. The number of fused-ring (bicyclic) bond motifs is 1. The van der Waals surface area contributed by atoms with Crippen LogP contribution < -0.4 is 10.3 Å². The molecule has 0 aliphatic heterocycles. The minimum absolute atomic E-state index is 0.00318. The van der Waals surface area contributed by atoms with Crippen LogP contribution in [0.15, 0.2) is 53.6 Å². The molecule has 2 aromatic carbocycles. The number of nitro groups is 1. The Morgan fingerprint density at radius 1 is 1.18 bits per heavy atom. The summed E-state index contributed by atoms with van der Waals surface area (Å²) in [4.78, 5) is 25.4. The summed E-state index contributed by atoms with van der Waals surface area (Å²) in [6.07, 6.45) is 1.59. The second-order valence-corrected chi connectivity index (χ2v) is 7.14. The van der Waals surface area contributed by atoms with Gasteiger partial charge in [0.2, 0.25) is 0 Å². The molecule has 0 saturated heterocycles. The number of thiophene rings is 1. The number of nitrogens with one attached hydrogen (secondary N) is 1. The maximum Gasteiger partial charge on any atom is 0.281 e. The molecule has 3 rings (SSSR count). The van der Waals surface area contributed by atoms with E-state index in [-0.39, 0.29) is 11.6 Å². The Balaban J connectivity index is 1.66. The van der Waals surface area contributed by atoms with Crippen LogP contribution in [0.5, 0.6) is 0 Å². The van der Waals surface area contributed by atoms with Gasteiger partial charge in [0, 0.05) is 41.0 Å². The summed E-state index contributed by atoms with van der Waals surface area (Å²) in [5.74, 6) is -0.347. The Morgan fingerprint density at radius 2 is 1.89 bits per heavy atom. The molecule has 3 aromatic rings. The van der Waals surface area contributed by atoms with E-state index in [1.165, 1.54) is 23.5 Å². The van der Waals surface area contributed by atoms with Gasteiger partial charge in [0.15, 0.2) is 0 Å². The molecule has 0 unspecified atom stereocenters. The lowest BCUT2D eigenvalue weighted by Gasteiger charge is -2.20. The molecule has 0 spiro atoms. The highest BCUT2D eigenvalue weighted by atomic mass is 32.1. The van der Waals surface area contributed by atoms with Gasteiger partial charge >= 0.3 is 0 Å². The average molecular weight is 396 g/mol. The van der Waals surface area contributed by atoms with Crippen LogP contribution in [0.3, 0.4) is 0 Å². The summed E-state index contributed by atoms with van der Waals surface area (Å²) in [6.45, 7) is 6.11. The van der Waals surface area contributed by atoms with E-state index in [1.54, 1.807) is 18.3 Å². The fraction of sp³-hybridized carbons (Fsp3) is 0.200. The minimum atomic E-state index is -0.452. The second kappa shape index (κ2) is 8.62. The summed E-state index contributed by atoms with van der Waals surface area (Å²) in [7, 11) is 0. The molecule has 0 aliphatic carbocycles. The molecular weight excluding hydrogens is 376 g/mol. The summed E-state index contributed by atoms with van der Waals surface area (Å²) >= 11 is 1.27. The van der Waals surface area contributed by atoms with Crippen molar-refractivity contribution < 1.29 is 9.72 Å². The van der Waals surface area contributed by atoms with E-state index >= 15 is 0 Å². The van der Waals surface area contributed by atoms with Gasteiger partial charge in [-0.2, -0.15) is 5.10 Å². The summed E-state index contributed by atoms with van der Waals surface area (Å²) in [5, 5.41) is 15.5. The van der Waals surface area contributed by atoms with E-state index in [9.17, 15) is 14.9 Å². The van der Waals surface area contributed by atoms with E-state index in [1.807, 2.05) is 24.3 Å². The van der Waals surface area contributed by atoms with Crippen LogP contribution in [-0.4, -0.2) is 30.1 Å². The molecule has 1 N–H and O–H groups in total. The molecule has 1 amide bonds.